The maximum absolute atomic E-state index is 13.1. The first-order chi connectivity index (χ1) is 13.2. The third kappa shape index (κ3) is 4.01. The number of rotatable bonds is 5. The van der Waals surface area contributed by atoms with Gasteiger partial charge >= 0.3 is 0 Å². The van der Waals surface area contributed by atoms with Gasteiger partial charge in [0, 0.05) is 37.2 Å². The molecule has 0 amide bonds. The number of anilines is 2. The summed E-state index contributed by atoms with van der Waals surface area (Å²) >= 11 is 5.97. The first kappa shape index (κ1) is 20.6. The average molecular weight is 426 g/mol. The molecule has 3 rings (SSSR count). The topological polar surface area (TPSA) is 102 Å². The SMILES string of the molecule is COc1ccc(Cl)cc1S(=O)(=O)c1cnc(N2CCN(C(C)C)CC2)nc1N. The molecule has 0 atom stereocenters. The Morgan fingerprint density at radius 2 is 1.86 bits per heavy atom. The van der Waals surface area contributed by atoms with Crippen molar-refractivity contribution in [2.24, 2.45) is 0 Å². The van der Waals surface area contributed by atoms with Crippen molar-refractivity contribution in [1.29, 1.82) is 0 Å². The summed E-state index contributed by atoms with van der Waals surface area (Å²) in [5.74, 6) is 0.508. The first-order valence-corrected chi connectivity index (χ1v) is 10.8. The van der Waals surface area contributed by atoms with E-state index < -0.39 is 9.84 Å². The highest BCUT2D eigenvalue weighted by atomic mass is 35.5. The van der Waals surface area contributed by atoms with Crippen molar-refractivity contribution in [3.63, 3.8) is 0 Å². The molecule has 0 bridgehead atoms. The molecule has 1 fully saturated rings. The molecule has 152 valence electrons. The molecule has 1 saturated heterocycles. The van der Waals surface area contributed by atoms with E-state index in [1.165, 1.54) is 25.4 Å². The zero-order chi connectivity index (χ0) is 20.5. The molecule has 2 heterocycles. The fraction of sp³-hybridized carbons (Fsp3) is 0.444. The second kappa shape index (κ2) is 8.10. The summed E-state index contributed by atoms with van der Waals surface area (Å²) in [7, 11) is -2.60. The molecule has 10 heteroatoms. The summed E-state index contributed by atoms with van der Waals surface area (Å²) in [6.45, 7) is 7.61. The van der Waals surface area contributed by atoms with Crippen LogP contribution in [0.3, 0.4) is 0 Å². The Morgan fingerprint density at radius 1 is 1.18 bits per heavy atom. The number of ether oxygens (including phenoxy) is 1. The van der Waals surface area contributed by atoms with Gasteiger partial charge in [0.15, 0.2) is 0 Å². The lowest BCUT2D eigenvalue weighted by molar-refractivity contribution is 0.208. The van der Waals surface area contributed by atoms with Crippen LogP contribution < -0.4 is 15.4 Å². The maximum atomic E-state index is 13.1. The van der Waals surface area contributed by atoms with Crippen LogP contribution >= 0.6 is 11.6 Å². The number of nitrogens with two attached hydrogens (primary N) is 1. The van der Waals surface area contributed by atoms with Gasteiger partial charge in [-0.2, -0.15) is 4.98 Å². The van der Waals surface area contributed by atoms with Gasteiger partial charge in [-0.15, -0.1) is 0 Å². The van der Waals surface area contributed by atoms with Crippen molar-refractivity contribution in [1.82, 2.24) is 14.9 Å². The van der Waals surface area contributed by atoms with Crippen molar-refractivity contribution in [2.75, 3.05) is 43.9 Å². The van der Waals surface area contributed by atoms with E-state index in [4.69, 9.17) is 22.1 Å². The number of halogens is 1. The second-order valence-electron chi connectivity index (χ2n) is 6.83. The number of aromatic nitrogens is 2. The molecule has 2 N–H and O–H groups in total. The van der Waals surface area contributed by atoms with Crippen molar-refractivity contribution in [2.45, 2.75) is 29.7 Å². The van der Waals surface area contributed by atoms with Gasteiger partial charge in [-0.25, -0.2) is 13.4 Å². The van der Waals surface area contributed by atoms with E-state index in [1.807, 2.05) is 4.90 Å². The Labute approximate surface area is 170 Å². The largest absolute Gasteiger partial charge is 0.495 e. The van der Waals surface area contributed by atoms with Gasteiger partial charge in [-0.1, -0.05) is 11.6 Å². The molecule has 1 aromatic heterocycles. The van der Waals surface area contributed by atoms with E-state index in [0.717, 1.165) is 26.2 Å². The smallest absolute Gasteiger partial charge is 0.227 e. The van der Waals surface area contributed by atoms with Gasteiger partial charge in [0.1, 0.15) is 21.4 Å². The lowest BCUT2D eigenvalue weighted by atomic mass is 10.2. The zero-order valence-electron chi connectivity index (χ0n) is 16.1. The van der Waals surface area contributed by atoms with Crippen LogP contribution in [0.15, 0.2) is 34.2 Å². The highest BCUT2D eigenvalue weighted by molar-refractivity contribution is 7.91. The van der Waals surface area contributed by atoms with Crippen LogP contribution in [-0.2, 0) is 9.84 Å². The minimum Gasteiger partial charge on any atom is -0.495 e. The number of sulfone groups is 1. The average Bonchev–Trinajstić information content (AvgIpc) is 2.67. The van der Waals surface area contributed by atoms with Crippen LogP contribution in [0.5, 0.6) is 5.75 Å². The lowest BCUT2D eigenvalue weighted by Gasteiger charge is -2.36. The quantitative estimate of drug-likeness (QED) is 0.776. The van der Waals surface area contributed by atoms with Crippen molar-refractivity contribution < 1.29 is 13.2 Å². The molecule has 8 nitrogen and oxygen atoms in total. The highest BCUT2D eigenvalue weighted by Crippen LogP contribution is 2.33. The Kier molecular flexibility index (Phi) is 5.97. The number of hydrogen-bond donors (Lipinski definition) is 1. The minimum atomic E-state index is -3.99. The van der Waals surface area contributed by atoms with Gasteiger partial charge < -0.3 is 15.4 Å². The summed E-state index contributed by atoms with van der Waals surface area (Å²) in [5.41, 5.74) is 6.02. The lowest BCUT2D eigenvalue weighted by Crippen LogP contribution is -2.49. The number of methoxy groups -OCH3 is 1. The van der Waals surface area contributed by atoms with Crippen LogP contribution in [0.4, 0.5) is 11.8 Å². The van der Waals surface area contributed by atoms with Crippen molar-refractivity contribution >= 4 is 33.2 Å². The molecule has 1 aliphatic rings. The summed E-state index contributed by atoms with van der Waals surface area (Å²) in [5, 5.41) is 0.276. The zero-order valence-corrected chi connectivity index (χ0v) is 17.7. The van der Waals surface area contributed by atoms with Gasteiger partial charge in [0.25, 0.3) is 0 Å². The molecule has 0 spiro atoms. The van der Waals surface area contributed by atoms with E-state index in [0.29, 0.717) is 12.0 Å². The van der Waals surface area contributed by atoms with Crippen LogP contribution in [0.2, 0.25) is 5.02 Å². The van der Waals surface area contributed by atoms with E-state index in [-0.39, 0.29) is 26.4 Å². The Hall–Kier alpha value is -2.10. The van der Waals surface area contributed by atoms with Gasteiger partial charge in [0.05, 0.1) is 13.3 Å². The van der Waals surface area contributed by atoms with Crippen LogP contribution in [-0.4, -0.2) is 62.6 Å². The molecule has 0 saturated carbocycles. The molecular formula is C18H24ClN5O3S. The van der Waals surface area contributed by atoms with Crippen molar-refractivity contribution in [3.05, 3.63) is 29.4 Å². The minimum absolute atomic E-state index is 0.0731. The van der Waals surface area contributed by atoms with Gasteiger partial charge in [0.2, 0.25) is 15.8 Å². The van der Waals surface area contributed by atoms with Gasteiger partial charge in [-0.3, -0.25) is 4.90 Å². The maximum Gasteiger partial charge on any atom is 0.227 e. The fourth-order valence-electron chi connectivity index (χ4n) is 3.15. The predicted molar refractivity (Wildman–Crippen MR) is 109 cm³/mol. The van der Waals surface area contributed by atoms with E-state index in [9.17, 15) is 8.42 Å². The Bertz CT molecular complexity index is 960. The number of benzene rings is 1. The summed E-state index contributed by atoms with van der Waals surface area (Å²) < 4.78 is 31.3. The second-order valence-corrected chi connectivity index (χ2v) is 9.16. The Balaban J connectivity index is 1.90. The molecule has 0 radical (unpaired) electrons. The van der Waals surface area contributed by atoms with Crippen LogP contribution in [0, 0.1) is 0 Å². The Morgan fingerprint density at radius 3 is 2.43 bits per heavy atom. The number of nitrogen functional groups attached to an aromatic ring is 1. The van der Waals surface area contributed by atoms with Crippen LogP contribution in [0.1, 0.15) is 13.8 Å². The number of hydrogen-bond acceptors (Lipinski definition) is 8. The molecule has 0 aliphatic carbocycles. The van der Waals surface area contributed by atoms with Crippen molar-refractivity contribution in [3.8, 4) is 5.75 Å². The summed E-state index contributed by atoms with van der Waals surface area (Å²) in [4.78, 5) is 12.7. The monoisotopic (exact) mass is 425 g/mol. The fourth-order valence-corrected chi connectivity index (χ4v) is 4.84. The first-order valence-electron chi connectivity index (χ1n) is 8.94. The predicted octanol–water partition coefficient (Wildman–Crippen LogP) is 2.08. The van der Waals surface area contributed by atoms with E-state index >= 15 is 0 Å². The number of piperazine rings is 1. The normalized spacial score (nSPS) is 15.8. The van der Waals surface area contributed by atoms with E-state index in [2.05, 4.69) is 28.7 Å². The van der Waals surface area contributed by atoms with Gasteiger partial charge in [-0.05, 0) is 32.0 Å². The molecule has 1 aromatic carbocycles. The molecule has 1 aliphatic heterocycles. The molecule has 2 aromatic rings. The standard InChI is InChI=1S/C18H24ClN5O3S/c1-12(2)23-6-8-24(9-7-23)18-21-11-16(17(20)22-18)28(25,26)15-10-13(19)4-5-14(15)27-3/h4-5,10-12H,6-9H2,1-3H3,(H2,20,21,22). The third-order valence-electron chi connectivity index (χ3n) is 4.80. The summed E-state index contributed by atoms with van der Waals surface area (Å²) in [6.07, 6.45) is 1.25. The molecule has 28 heavy (non-hydrogen) atoms. The number of nitrogens with zero attached hydrogens (tertiary/aromatic N) is 4. The van der Waals surface area contributed by atoms with E-state index in [1.54, 1.807) is 6.07 Å². The summed E-state index contributed by atoms with van der Waals surface area (Å²) in [6, 6.07) is 4.86. The van der Waals surface area contributed by atoms with Crippen LogP contribution in [0.25, 0.3) is 0 Å². The third-order valence-corrected chi connectivity index (χ3v) is 6.83. The molecule has 0 unspecified atom stereocenters. The highest BCUT2D eigenvalue weighted by Gasteiger charge is 2.28. The molecular weight excluding hydrogens is 402 g/mol.